The van der Waals surface area contributed by atoms with Crippen molar-refractivity contribution >= 4 is 27.3 Å². The molecule has 8 heteroatoms. The topological polar surface area (TPSA) is 105 Å². The number of amides is 2. The summed E-state index contributed by atoms with van der Waals surface area (Å²) in [5, 5.41) is 5.15. The Morgan fingerprint density at radius 1 is 0.893 bits per heavy atom. The molecule has 1 aromatic heterocycles. The van der Waals surface area contributed by atoms with E-state index in [9.17, 15) is 18.0 Å². The molecule has 0 saturated heterocycles. The van der Waals surface area contributed by atoms with Gasteiger partial charge in [0.2, 0.25) is 0 Å². The van der Waals surface area contributed by atoms with Crippen LogP contribution in [0.5, 0.6) is 0 Å². The van der Waals surface area contributed by atoms with Crippen LogP contribution in [-0.4, -0.2) is 27.3 Å². The second-order valence-electron chi connectivity index (χ2n) is 5.95. The van der Waals surface area contributed by atoms with Crippen molar-refractivity contribution in [2.45, 2.75) is 10.6 Å². The Morgan fingerprint density at radius 2 is 1.57 bits per heavy atom. The Morgan fingerprint density at radius 3 is 2.21 bits per heavy atom. The third-order valence-electron chi connectivity index (χ3n) is 3.95. The van der Waals surface area contributed by atoms with Gasteiger partial charge in [0.15, 0.2) is 15.6 Å². The van der Waals surface area contributed by atoms with Crippen LogP contribution in [0, 0.1) is 0 Å². The number of furan rings is 1. The first kappa shape index (κ1) is 19.4. The van der Waals surface area contributed by atoms with Crippen LogP contribution in [-0.2, 0) is 15.6 Å². The number of carbonyl (C=O) groups is 2. The van der Waals surface area contributed by atoms with Gasteiger partial charge in [-0.15, -0.1) is 0 Å². The highest BCUT2D eigenvalue weighted by molar-refractivity contribution is 7.90. The highest BCUT2D eigenvalue weighted by Crippen LogP contribution is 2.19. The Bertz CT molecular complexity index is 1090. The molecule has 0 bridgehead atoms. The molecule has 0 aliphatic rings. The second kappa shape index (κ2) is 8.10. The number of hydrogen-bond acceptors (Lipinski definition) is 5. The van der Waals surface area contributed by atoms with Crippen LogP contribution in [0.2, 0.25) is 0 Å². The first-order valence-electron chi connectivity index (χ1n) is 8.39. The van der Waals surface area contributed by atoms with Gasteiger partial charge in [-0.3, -0.25) is 9.59 Å². The minimum absolute atomic E-state index is 0.00589. The highest BCUT2D eigenvalue weighted by Gasteiger charge is 2.19. The number of carbonyl (C=O) groups excluding carboxylic acids is 2. The van der Waals surface area contributed by atoms with Crippen molar-refractivity contribution < 1.29 is 22.4 Å². The van der Waals surface area contributed by atoms with Gasteiger partial charge >= 0.3 is 0 Å². The molecule has 0 unspecified atom stereocenters. The van der Waals surface area contributed by atoms with E-state index >= 15 is 0 Å². The Labute approximate surface area is 162 Å². The van der Waals surface area contributed by atoms with Crippen LogP contribution in [0.4, 0.5) is 5.69 Å². The molecular formula is C20H18N2O5S. The molecule has 0 radical (unpaired) electrons. The summed E-state index contributed by atoms with van der Waals surface area (Å²) in [6.45, 7) is 0. The lowest BCUT2D eigenvalue weighted by Crippen LogP contribution is -2.17. The summed E-state index contributed by atoms with van der Waals surface area (Å²) in [4.78, 5) is 24.0. The third kappa shape index (κ3) is 4.47. The van der Waals surface area contributed by atoms with Crippen molar-refractivity contribution in [2.75, 3.05) is 12.4 Å². The number of sulfone groups is 1. The Kier molecular flexibility index (Phi) is 5.60. The van der Waals surface area contributed by atoms with E-state index in [0.29, 0.717) is 11.3 Å². The molecule has 28 heavy (non-hydrogen) atoms. The third-order valence-corrected chi connectivity index (χ3v) is 5.61. The quantitative estimate of drug-likeness (QED) is 0.664. The van der Waals surface area contributed by atoms with Crippen LogP contribution in [0.3, 0.4) is 0 Å². The molecular weight excluding hydrogens is 380 g/mol. The van der Waals surface area contributed by atoms with Gasteiger partial charge in [0.1, 0.15) is 11.5 Å². The number of rotatable bonds is 6. The van der Waals surface area contributed by atoms with Crippen LogP contribution in [0.15, 0.2) is 76.0 Å². The summed E-state index contributed by atoms with van der Waals surface area (Å²) in [5.41, 5.74) is 0.944. The van der Waals surface area contributed by atoms with Gasteiger partial charge < -0.3 is 15.1 Å². The number of anilines is 1. The summed E-state index contributed by atoms with van der Waals surface area (Å²) in [6, 6.07) is 17.3. The maximum absolute atomic E-state index is 12.4. The Hall–Kier alpha value is -3.39. The molecule has 144 valence electrons. The summed E-state index contributed by atoms with van der Waals surface area (Å²) in [7, 11) is -2.03. The van der Waals surface area contributed by atoms with E-state index in [1.54, 1.807) is 42.5 Å². The van der Waals surface area contributed by atoms with Crippen LogP contribution < -0.4 is 10.6 Å². The maximum atomic E-state index is 12.4. The largest absolute Gasteiger partial charge is 0.455 e. The molecule has 3 rings (SSSR count). The minimum Gasteiger partial charge on any atom is -0.455 e. The van der Waals surface area contributed by atoms with Crippen molar-refractivity contribution in [2.24, 2.45) is 0 Å². The van der Waals surface area contributed by atoms with Crippen molar-refractivity contribution in [3.8, 4) is 0 Å². The molecule has 7 nitrogen and oxygen atoms in total. The zero-order valence-electron chi connectivity index (χ0n) is 15.0. The van der Waals surface area contributed by atoms with E-state index in [2.05, 4.69) is 10.6 Å². The predicted octanol–water partition coefficient (Wildman–Crippen LogP) is 2.87. The van der Waals surface area contributed by atoms with Gasteiger partial charge in [-0.25, -0.2) is 8.42 Å². The average Bonchev–Trinajstić information content (AvgIpc) is 3.16. The molecule has 2 amide bonds. The van der Waals surface area contributed by atoms with E-state index in [1.165, 1.54) is 31.3 Å². The van der Waals surface area contributed by atoms with Gasteiger partial charge in [0.05, 0.1) is 4.90 Å². The van der Waals surface area contributed by atoms with Crippen molar-refractivity contribution in [1.82, 2.24) is 5.32 Å². The predicted molar refractivity (Wildman–Crippen MR) is 104 cm³/mol. The minimum atomic E-state index is -3.56. The van der Waals surface area contributed by atoms with Gasteiger partial charge in [0.25, 0.3) is 11.8 Å². The SMILES string of the molecule is CNC(=O)c1ccc(NC(=O)c2ccc(CS(=O)(=O)c3ccccc3)o2)cc1. The molecule has 0 atom stereocenters. The number of benzene rings is 2. The molecule has 0 spiro atoms. The smallest absolute Gasteiger partial charge is 0.291 e. The van der Waals surface area contributed by atoms with Gasteiger partial charge in [0, 0.05) is 18.3 Å². The zero-order valence-corrected chi connectivity index (χ0v) is 15.8. The lowest BCUT2D eigenvalue weighted by Gasteiger charge is -2.05. The normalized spacial score (nSPS) is 11.0. The molecule has 0 fully saturated rings. The van der Waals surface area contributed by atoms with E-state index in [0.717, 1.165) is 0 Å². The molecule has 2 aromatic carbocycles. The van der Waals surface area contributed by atoms with Crippen molar-refractivity contribution in [3.63, 3.8) is 0 Å². The van der Waals surface area contributed by atoms with Gasteiger partial charge in [-0.2, -0.15) is 0 Å². The average molecular weight is 398 g/mol. The zero-order chi connectivity index (χ0) is 20.1. The van der Waals surface area contributed by atoms with Gasteiger partial charge in [-0.1, -0.05) is 18.2 Å². The highest BCUT2D eigenvalue weighted by atomic mass is 32.2. The molecule has 2 N–H and O–H groups in total. The lowest BCUT2D eigenvalue weighted by atomic mass is 10.2. The van der Waals surface area contributed by atoms with Gasteiger partial charge in [-0.05, 0) is 48.5 Å². The van der Waals surface area contributed by atoms with Crippen molar-refractivity contribution in [3.05, 3.63) is 83.8 Å². The second-order valence-corrected chi connectivity index (χ2v) is 7.94. The van der Waals surface area contributed by atoms with E-state index < -0.39 is 15.7 Å². The van der Waals surface area contributed by atoms with Crippen molar-refractivity contribution in [1.29, 1.82) is 0 Å². The van der Waals surface area contributed by atoms with E-state index in [-0.39, 0.29) is 28.1 Å². The summed E-state index contributed by atoms with van der Waals surface area (Å²) in [6.07, 6.45) is 0. The lowest BCUT2D eigenvalue weighted by molar-refractivity contribution is 0.0962. The monoisotopic (exact) mass is 398 g/mol. The summed E-state index contributed by atoms with van der Waals surface area (Å²) >= 11 is 0. The fourth-order valence-electron chi connectivity index (χ4n) is 2.52. The first-order valence-corrected chi connectivity index (χ1v) is 10.0. The maximum Gasteiger partial charge on any atom is 0.291 e. The number of hydrogen-bond donors (Lipinski definition) is 2. The fraction of sp³-hybridized carbons (Fsp3) is 0.100. The molecule has 1 heterocycles. The van der Waals surface area contributed by atoms with Crippen LogP contribution in [0.1, 0.15) is 26.7 Å². The molecule has 0 aliphatic heterocycles. The molecule has 0 saturated carbocycles. The molecule has 3 aromatic rings. The molecule has 0 aliphatic carbocycles. The number of nitrogens with one attached hydrogen (secondary N) is 2. The summed E-state index contributed by atoms with van der Waals surface area (Å²) in [5.74, 6) is -0.924. The summed E-state index contributed by atoms with van der Waals surface area (Å²) < 4.78 is 30.2. The standard InChI is InChI=1S/C20H18N2O5S/c1-21-19(23)14-7-9-15(10-8-14)22-20(24)18-12-11-16(27-18)13-28(25,26)17-5-3-2-4-6-17/h2-12H,13H2,1H3,(H,21,23)(H,22,24). The van der Waals surface area contributed by atoms with E-state index in [4.69, 9.17) is 4.42 Å². The van der Waals surface area contributed by atoms with Crippen LogP contribution >= 0.6 is 0 Å². The van der Waals surface area contributed by atoms with E-state index in [1.807, 2.05) is 0 Å². The van der Waals surface area contributed by atoms with Crippen LogP contribution in [0.25, 0.3) is 0 Å². The first-order chi connectivity index (χ1) is 13.4. The Balaban J connectivity index is 1.68. The fourth-order valence-corrected chi connectivity index (χ4v) is 3.79.